The Hall–Kier alpha value is -2.16. The van der Waals surface area contributed by atoms with Crippen LogP contribution in [0.25, 0.3) is 0 Å². The second-order valence-electron chi connectivity index (χ2n) is 7.02. The zero-order chi connectivity index (χ0) is 23.0. The Balaban J connectivity index is 1.45. The summed E-state index contributed by atoms with van der Waals surface area (Å²) in [6.45, 7) is 3.62. The number of amides is 2. The molecule has 3 N–H and O–H groups in total. The summed E-state index contributed by atoms with van der Waals surface area (Å²) in [4.78, 5) is 42.6. The molecule has 0 bridgehead atoms. The lowest BCUT2D eigenvalue weighted by atomic mass is 10.0. The molecule has 4 rings (SSSR count). The molecule has 4 atom stereocenters. The van der Waals surface area contributed by atoms with Crippen molar-refractivity contribution in [3.05, 3.63) is 34.6 Å². The van der Waals surface area contributed by atoms with E-state index in [0.717, 1.165) is 0 Å². The van der Waals surface area contributed by atoms with Crippen molar-refractivity contribution in [1.82, 2.24) is 25.4 Å². The Morgan fingerprint density at radius 1 is 1.50 bits per heavy atom. The van der Waals surface area contributed by atoms with E-state index in [0.29, 0.717) is 26.5 Å². The van der Waals surface area contributed by atoms with Crippen molar-refractivity contribution in [1.29, 1.82) is 0 Å². The monoisotopic (exact) mass is 513 g/mol. The first-order valence-corrected chi connectivity index (χ1v) is 13.6. The van der Waals surface area contributed by atoms with Crippen molar-refractivity contribution in [3.8, 4) is 0 Å². The number of aliphatic carboxylic acids is 1. The topological polar surface area (TPSA) is 145 Å². The zero-order valence-electron chi connectivity index (χ0n) is 16.9. The molecule has 32 heavy (non-hydrogen) atoms. The molecule has 3 unspecified atom stereocenters. The molecule has 2 aromatic heterocycles. The Morgan fingerprint density at radius 3 is 2.91 bits per heavy atom. The number of β-lactam (4-membered cyclic amide) rings is 1. The van der Waals surface area contributed by atoms with Crippen molar-refractivity contribution in [3.63, 3.8) is 0 Å². The molecule has 2 aliphatic heterocycles. The van der Waals surface area contributed by atoms with Crippen LogP contribution in [-0.4, -0.2) is 75.4 Å². The number of H-pyrrole nitrogens is 1. The van der Waals surface area contributed by atoms with E-state index in [1.54, 1.807) is 24.4 Å². The second-order valence-corrected chi connectivity index (χ2v) is 12.1. The van der Waals surface area contributed by atoms with Crippen LogP contribution in [0.3, 0.4) is 0 Å². The number of fused-ring (bicyclic) bond motifs is 1. The summed E-state index contributed by atoms with van der Waals surface area (Å²) in [6.07, 6.45) is 0. The largest absolute Gasteiger partial charge is 0.477 e. The summed E-state index contributed by atoms with van der Waals surface area (Å²) in [5.41, 5.74) is 0.543. The molecule has 1 fully saturated rings. The van der Waals surface area contributed by atoms with Crippen LogP contribution in [0.15, 0.2) is 38.1 Å². The SMILES string of the molecule is Cc1nc(SC(C)C2=C(C(=O)O)N3C(=O)C(NC(=O)CS(=O)c4cccs4)[C@@H]3SC2)n[nH]1. The molecule has 2 amide bonds. The maximum absolute atomic E-state index is 12.8. The summed E-state index contributed by atoms with van der Waals surface area (Å²) in [6, 6.07) is 2.59. The highest BCUT2D eigenvalue weighted by atomic mass is 32.2. The predicted molar refractivity (Wildman–Crippen MR) is 122 cm³/mol. The number of aromatic amines is 1. The van der Waals surface area contributed by atoms with Gasteiger partial charge in [-0.1, -0.05) is 17.8 Å². The second kappa shape index (κ2) is 9.37. The van der Waals surface area contributed by atoms with Crippen molar-refractivity contribution in [2.75, 3.05) is 11.5 Å². The molecule has 10 nitrogen and oxygen atoms in total. The molecule has 4 heterocycles. The fourth-order valence-electron chi connectivity index (χ4n) is 3.36. The lowest BCUT2D eigenvalue weighted by Crippen LogP contribution is -2.71. The van der Waals surface area contributed by atoms with Crippen molar-refractivity contribution < 1.29 is 23.7 Å². The van der Waals surface area contributed by atoms with Gasteiger partial charge in [0.05, 0.1) is 15.0 Å². The third kappa shape index (κ3) is 4.49. The predicted octanol–water partition coefficient (Wildman–Crippen LogP) is 1.20. The third-order valence-corrected chi connectivity index (χ3v) is 9.80. The Bertz CT molecular complexity index is 1110. The van der Waals surface area contributed by atoms with Gasteiger partial charge in [0.1, 0.15) is 28.7 Å². The molecule has 1 saturated heterocycles. The van der Waals surface area contributed by atoms with E-state index in [2.05, 4.69) is 20.5 Å². The minimum absolute atomic E-state index is 0.0568. The number of hydrogen-bond acceptors (Lipinski definition) is 9. The van der Waals surface area contributed by atoms with E-state index in [1.807, 2.05) is 6.92 Å². The molecule has 0 saturated carbocycles. The van der Waals surface area contributed by atoms with Gasteiger partial charge in [-0.05, 0) is 30.9 Å². The van der Waals surface area contributed by atoms with E-state index >= 15 is 0 Å². The third-order valence-electron chi connectivity index (χ3n) is 4.85. The van der Waals surface area contributed by atoms with Crippen LogP contribution >= 0.6 is 34.9 Å². The average molecular weight is 514 g/mol. The van der Waals surface area contributed by atoms with Gasteiger partial charge in [-0.2, -0.15) is 0 Å². The number of thiophene rings is 1. The molecule has 2 aromatic rings. The summed E-state index contributed by atoms with van der Waals surface area (Å²) in [5.74, 6) is -1.40. The number of nitrogens with zero attached hydrogens (tertiary/aromatic N) is 3. The van der Waals surface area contributed by atoms with Gasteiger partial charge in [0.2, 0.25) is 11.1 Å². The van der Waals surface area contributed by atoms with Crippen LogP contribution in [0.5, 0.6) is 0 Å². The molecule has 0 aliphatic carbocycles. The zero-order valence-corrected chi connectivity index (χ0v) is 20.2. The quantitative estimate of drug-likeness (QED) is 0.350. The summed E-state index contributed by atoms with van der Waals surface area (Å²) in [5, 5.41) is 20.8. The van der Waals surface area contributed by atoms with Gasteiger partial charge >= 0.3 is 5.97 Å². The summed E-state index contributed by atoms with van der Waals surface area (Å²) in [7, 11) is -1.49. The minimum Gasteiger partial charge on any atom is -0.477 e. The number of rotatable bonds is 8. The van der Waals surface area contributed by atoms with Gasteiger partial charge in [-0.3, -0.25) is 23.8 Å². The first kappa shape index (κ1) is 23.0. The molecule has 0 radical (unpaired) electrons. The van der Waals surface area contributed by atoms with Gasteiger partial charge in [0.25, 0.3) is 5.91 Å². The van der Waals surface area contributed by atoms with E-state index in [9.17, 15) is 23.7 Å². The standard InChI is InChI=1S/C18H19N5O5S4/c1-8(31-18-19-9(2)21-22-18)10-6-30-16-13(15(25)23(16)14(10)17(26)27)20-11(24)7-32(28)12-4-3-5-29-12/h3-5,8,13,16H,6-7H2,1-2H3,(H,20,24)(H,26,27)(H,19,21,22)/t8?,13?,16-,32?/m0/s1. The van der Waals surface area contributed by atoms with Gasteiger partial charge in [0, 0.05) is 11.0 Å². The fourth-order valence-corrected chi connectivity index (χ4v) is 7.79. The van der Waals surface area contributed by atoms with Crippen LogP contribution in [0.4, 0.5) is 0 Å². The molecule has 2 aliphatic rings. The van der Waals surface area contributed by atoms with Crippen LogP contribution in [0.1, 0.15) is 12.7 Å². The van der Waals surface area contributed by atoms with E-state index in [1.165, 1.54) is 39.8 Å². The average Bonchev–Trinajstić information content (AvgIpc) is 3.42. The first-order chi connectivity index (χ1) is 15.3. The number of carboxylic acid groups (broad SMARTS) is 1. The normalized spacial score (nSPS) is 22.2. The molecule has 170 valence electrons. The maximum atomic E-state index is 12.8. The number of carboxylic acids is 1. The number of hydrogen-bond donors (Lipinski definition) is 3. The Morgan fingerprint density at radius 2 is 2.28 bits per heavy atom. The number of thioether (sulfide) groups is 2. The maximum Gasteiger partial charge on any atom is 0.352 e. The van der Waals surface area contributed by atoms with Crippen LogP contribution < -0.4 is 5.32 Å². The number of aryl methyl sites for hydroxylation is 1. The number of aromatic nitrogens is 3. The van der Waals surface area contributed by atoms with Crippen molar-refractivity contribution in [2.24, 2.45) is 0 Å². The molecule has 0 spiro atoms. The fraction of sp³-hybridized carbons (Fsp3) is 0.389. The number of carbonyl (C=O) groups excluding carboxylic acids is 2. The van der Waals surface area contributed by atoms with Crippen molar-refractivity contribution in [2.45, 2.75) is 39.9 Å². The summed E-state index contributed by atoms with van der Waals surface area (Å²) < 4.78 is 12.8. The van der Waals surface area contributed by atoms with Crippen LogP contribution in [0, 0.1) is 6.92 Å². The Kier molecular flexibility index (Phi) is 6.74. The molecule has 0 aromatic carbocycles. The van der Waals surface area contributed by atoms with E-state index < -0.39 is 40.0 Å². The highest BCUT2D eigenvalue weighted by molar-refractivity contribution is 8.01. The van der Waals surface area contributed by atoms with Gasteiger partial charge in [0.15, 0.2) is 0 Å². The van der Waals surface area contributed by atoms with Gasteiger partial charge in [-0.25, -0.2) is 9.78 Å². The van der Waals surface area contributed by atoms with Crippen LogP contribution in [-0.2, 0) is 25.2 Å². The molecule has 14 heteroatoms. The van der Waals surface area contributed by atoms with E-state index in [4.69, 9.17) is 0 Å². The highest BCUT2D eigenvalue weighted by Gasteiger charge is 2.54. The van der Waals surface area contributed by atoms with Crippen molar-refractivity contribution >= 4 is 63.4 Å². The number of nitrogens with one attached hydrogen (secondary N) is 2. The summed E-state index contributed by atoms with van der Waals surface area (Å²) >= 11 is 3.99. The number of carbonyl (C=O) groups is 3. The lowest BCUT2D eigenvalue weighted by molar-refractivity contribution is -0.150. The van der Waals surface area contributed by atoms with E-state index in [-0.39, 0.29) is 16.7 Å². The van der Waals surface area contributed by atoms with Gasteiger partial charge in [-0.15, -0.1) is 28.2 Å². The molecular formula is C18H19N5O5S4. The minimum atomic E-state index is -1.49. The first-order valence-electron chi connectivity index (χ1n) is 9.44. The van der Waals surface area contributed by atoms with Gasteiger partial charge < -0.3 is 10.4 Å². The lowest BCUT2D eigenvalue weighted by Gasteiger charge is -2.50. The molecular weight excluding hydrogens is 494 g/mol. The highest BCUT2D eigenvalue weighted by Crippen LogP contribution is 2.43. The Labute approximate surface area is 198 Å². The smallest absolute Gasteiger partial charge is 0.352 e. The van der Waals surface area contributed by atoms with Crippen LogP contribution in [0.2, 0.25) is 0 Å².